The Morgan fingerprint density at radius 2 is 2.14 bits per heavy atom. The van der Waals surface area contributed by atoms with Crippen molar-refractivity contribution in [3.63, 3.8) is 0 Å². The first-order chi connectivity index (χ1) is 9.90. The van der Waals surface area contributed by atoms with Gasteiger partial charge in [0, 0.05) is 30.2 Å². The van der Waals surface area contributed by atoms with E-state index in [9.17, 15) is 4.79 Å². The number of imidazole rings is 1. The van der Waals surface area contributed by atoms with E-state index in [1.54, 1.807) is 0 Å². The summed E-state index contributed by atoms with van der Waals surface area (Å²) in [4.78, 5) is 15.1. The molecule has 21 heavy (non-hydrogen) atoms. The van der Waals surface area contributed by atoms with Gasteiger partial charge in [0.25, 0.3) is 0 Å². The molecule has 6 nitrogen and oxygen atoms in total. The third-order valence-corrected chi connectivity index (χ3v) is 4.41. The molecule has 0 atom stereocenters. The van der Waals surface area contributed by atoms with Gasteiger partial charge in [0.15, 0.2) is 5.16 Å². The van der Waals surface area contributed by atoms with Crippen LogP contribution in [0.4, 0.5) is 0 Å². The van der Waals surface area contributed by atoms with E-state index in [-0.39, 0.29) is 5.75 Å². The molecule has 2 rings (SSSR count). The highest BCUT2D eigenvalue weighted by Crippen LogP contribution is 2.25. The van der Waals surface area contributed by atoms with Gasteiger partial charge in [-0.15, -0.1) is 0 Å². The fourth-order valence-corrected chi connectivity index (χ4v) is 2.81. The molecule has 0 spiro atoms. The SMILES string of the molecule is Cc1c(Cn2c(C(C)C)cnc2SCC(=O)O)cnn1C. The Morgan fingerprint density at radius 1 is 1.43 bits per heavy atom. The van der Waals surface area contributed by atoms with Crippen LogP contribution in [0.1, 0.15) is 36.7 Å². The molecule has 0 bridgehead atoms. The van der Waals surface area contributed by atoms with E-state index in [0.717, 1.165) is 22.1 Å². The average molecular weight is 308 g/mol. The number of thioether (sulfide) groups is 1. The van der Waals surface area contributed by atoms with Crippen LogP contribution in [0.5, 0.6) is 0 Å². The van der Waals surface area contributed by atoms with Crippen molar-refractivity contribution >= 4 is 17.7 Å². The molecule has 7 heteroatoms. The number of aromatic nitrogens is 4. The first-order valence-electron chi connectivity index (χ1n) is 6.77. The predicted octanol–water partition coefficient (Wildman–Crippen LogP) is 2.27. The van der Waals surface area contributed by atoms with E-state index >= 15 is 0 Å². The fourth-order valence-electron chi connectivity index (χ4n) is 2.10. The lowest BCUT2D eigenvalue weighted by Gasteiger charge is -2.13. The number of nitrogens with zero attached hydrogens (tertiary/aromatic N) is 4. The second-order valence-electron chi connectivity index (χ2n) is 5.27. The zero-order chi connectivity index (χ0) is 15.6. The number of carboxylic acids is 1. The zero-order valence-electron chi connectivity index (χ0n) is 12.7. The van der Waals surface area contributed by atoms with Crippen molar-refractivity contribution in [2.24, 2.45) is 7.05 Å². The average Bonchev–Trinajstić information content (AvgIpc) is 2.95. The number of aliphatic carboxylic acids is 1. The minimum absolute atomic E-state index is 0.0145. The number of carbonyl (C=O) groups is 1. The summed E-state index contributed by atoms with van der Waals surface area (Å²) in [5, 5.41) is 13.8. The summed E-state index contributed by atoms with van der Waals surface area (Å²) in [6, 6.07) is 0. The topological polar surface area (TPSA) is 72.9 Å². The molecule has 0 fully saturated rings. The van der Waals surface area contributed by atoms with E-state index in [0.29, 0.717) is 12.5 Å². The molecule has 2 aromatic rings. The molecule has 0 aromatic carbocycles. The highest BCUT2D eigenvalue weighted by Gasteiger charge is 2.16. The highest BCUT2D eigenvalue weighted by atomic mass is 32.2. The second kappa shape index (κ2) is 6.34. The van der Waals surface area contributed by atoms with E-state index in [1.807, 2.05) is 31.0 Å². The molecule has 2 aromatic heterocycles. The van der Waals surface area contributed by atoms with Crippen molar-refractivity contribution < 1.29 is 9.90 Å². The lowest BCUT2D eigenvalue weighted by molar-refractivity contribution is -0.133. The van der Waals surface area contributed by atoms with Gasteiger partial charge in [-0.3, -0.25) is 9.48 Å². The largest absolute Gasteiger partial charge is 0.481 e. The van der Waals surface area contributed by atoms with Crippen LogP contribution in [0.2, 0.25) is 0 Å². The van der Waals surface area contributed by atoms with Crippen LogP contribution < -0.4 is 0 Å². The van der Waals surface area contributed by atoms with Crippen molar-refractivity contribution in [3.05, 3.63) is 29.3 Å². The third kappa shape index (κ3) is 3.47. The van der Waals surface area contributed by atoms with Gasteiger partial charge < -0.3 is 9.67 Å². The van der Waals surface area contributed by atoms with Gasteiger partial charge in [0.05, 0.1) is 18.5 Å². The Balaban J connectivity index is 2.32. The number of hydrogen-bond acceptors (Lipinski definition) is 4. The van der Waals surface area contributed by atoms with Gasteiger partial charge in [-0.05, 0) is 12.8 Å². The molecule has 0 aliphatic carbocycles. The first kappa shape index (κ1) is 15.6. The van der Waals surface area contributed by atoms with Gasteiger partial charge in [0.2, 0.25) is 0 Å². The van der Waals surface area contributed by atoms with Gasteiger partial charge in [-0.25, -0.2) is 4.98 Å². The Bertz CT molecular complexity index is 645. The number of carboxylic acid groups (broad SMARTS) is 1. The van der Waals surface area contributed by atoms with Crippen LogP contribution in [0.3, 0.4) is 0 Å². The maximum atomic E-state index is 10.8. The molecule has 2 heterocycles. The number of rotatable bonds is 6. The summed E-state index contributed by atoms with van der Waals surface area (Å²) >= 11 is 1.25. The van der Waals surface area contributed by atoms with Gasteiger partial charge in [0.1, 0.15) is 0 Å². The van der Waals surface area contributed by atoms with Crippen LogP contribution in [0.15, 0.2) is 17.6 Å². The summed E-state index contributed by atoms with van der Waals surface area (Å²) in [5.41, 5.74) is 3.33. The van der Waals surface area contributed by atoms with Crippen molar-refractivity contribution in [1.82, 2.24) is 19.3 Å². The van der Waals surface area contributed by atoms with E-state index < -0.39 is 5.97 Å². The Labute approximate surface area is 128 Å². The predicted molar refractivity (Wildman–Crippen MR) is 81.7 cm³/mol. The highest BCUT2D eigenvalue weighted by molar-refractivity contribution is 7.99. The molecule has 0 saturated carbocycles. The van der Waals surface area contributed by atoms with Gasteiger partial charge in [-0.2, -0.15) is 5.10 Å². The molecule has 1 N–H and O–H groups in total. The van der Waals surface area contributed by atoms with Crippen molar-refractivity contribution in [3.8, 4) is 0 Å². The smallest absolute Gasteiger partial charge is 0.313 e. The molecule has 0 aliphatic rings. The van der Waals surface area contributed by atoms with Crippen LogP contribution in [-0.2, 0) is 18.4 Å². The Kier molecular flexibility index (Phi) is 4.72. The van der Waals surface area contributed by atoms with Crippen molar-refractivity contribution in [1.29, 1.82) is 0 Å². The Hall–Kier alpha value is -1.76. The zero-order valence-corrected chi connectivity index (χ0v) is 13.5. The molecule has 0 saturated heterocycles. The lowest BCUT2D eigenvalue weighted by Crippen LogP contribution is -2.09. The quantitative estimate of drug-likeness (QED) is 0.829. The summed E-state index contributed by atoms with van der Waals surface area (Å²) in [5.74, 6) is -0.493. The van der Waals surface area contributed by atoms with Crippen LogP contribution in [-0.4, -0.2) is 36.2 Å². The summed E-state index contributed by atoms with van der Waals surface area (Å²) in [6.07, 6.45) is 3.69. The fraction of sp³-hybridized carbons (Fsp3) is 0.500. The van der Waals surface area contributed by atoms with Gasteiger partial charge >= 0.3 is 5.97 Å². The van der Waals surface area contributed by atoms with Gasteiger partial charge in [-0.1, -0.05) is 25.6 Å². The maximum Gasteiger partial charge on any atom is 0.313 e. The number of hydrogen-bond donors (Lipinski definition) is 1. The van der Waals surface area contributed by atoms with Crippen LogP contribution in [0.25, 0.3) is 0 Å². The minimum atomic E-state index is -0.835. The summed E-state index contributed by atoms with van der Waals surface area (Å²) in [6.45, 7) is 6.90. The monoisotopic (exact) mass is 308 g/mol. The van der Waals surface area contributed by atoms with E-state index in [2.05, 4.69) is 28.5 Å². The lowest BCUT2D eigenvalue weighted by atomic mass is 10.1. The normalized spacial score (nSPS) is 11.3. The maximum absolute atomic E-state index is 10.8. The second-order valence-corrected chi connectivity index (χ2v) is 6.21. The van der Waals surface area contributed by atoms with E-state index in [1.165, 1.54) is 11.8 Å². The molecular formula is C14H20N4O2S. The molecule has 0 amide bonds. The molecule has 0 unspecified atom stereocenters. The minimum Gasteiger partial charge on any atom is -0.481 e. The molecule has 114 valence electrons. The standard InChI is InChI=1S/C14H20N4O2S/c1-9(2)12-6-15-14(21-8-13(19)20)18(12)7-11-5-16-17(4)10(11)3/h5-6,9H,7-8H2,1-4H3,(H,19,20). The molecular weight excluding hydrogens is 288 g/mol. The first-order valence-corrected chi connectivity index (χ1v) is 7.76. The molecule has 0 radical (unpaired) electrons. The number of aryl methyl sites for hydroxylation is 1. The van der Waals surface area contributed by atoms with Crippen LogP contribution in [0, 0.1) is 6.92 Å². The summed E-state index contributed by atoms with van der Waals surface area (Å²) < 4.78 is 3.92. The molecule has 0 aliphatic heterocycles. The third-order valence-electron chi connectivity index (χ3n) is 3.43. The van der Waals surface area contributed by atoms with Crippen LogP contribution >= 0.6 is 11.8 Å². The van der Waals surface area contributed by atoms with Crippen molar-refractivity contribution in [2.75, 3.05) is 5.75 Å². The Morgan fingerprint density at radius 3 is 2.67 bits per heavy atom. The summed E-state index contributed by atoms with van der Waals surface area (Å²) in [7, 11) is 1.91. The van der Waals surface area contributed by atoms with E-state index in [4.69, 9.17) is 5.11 Å². The van der Waals surface area contributed by atoms with Crippen molar-refractivity contribution in [2.45, 2.75) is 38.4 Å².